The van der Waals surface area contributed by atoms with Crippen molar-refractivity contribution in [3.05, 3.63) is 65.8 Å². The van der Waals surface area contributed by atoms with Gasteiger partial charge in [-0.3, -0.25) is 9.59 Å². The Hall–Kier alpha value is -3.13. The van der Waals surface area contributed by atoms with Crippen LogP contribution in [-0.2, 0) is 10.5 Å². The van der Waals surface area contributed by atoms with Crippen LogP contribution in [0.4, 0.5) is 11.4 Å². The highest BCUT2D eigenvalue weighted by atomic mass is 32.2. The van der Waals surface area contributed by atoms with Gasteiger partial charge in [0.1, 0.15) is 0 Å². The summed E-state index contributed by atoms with van der Waals surface area (Å²) >= 11 is 1.56. The van der Waals surface area contributed by atoms with Crippen molar-refractivity contribution in [1.29, 1.82) is 0 Å². The second-order valence-electron chi connectivity index (χ2n) is 6.67. The Morgan fingerprint density at radius 3 is 2.69 bits per heavy atom. The van der Waals surface area contributed by atoms with Crippen LogP contribution < -0.4 is 10.2 Å². The van der Waals surface area contributed by atoms with Gasteiger partial charge in [0.2, 0.25) is 11.8 Å². The van der Waals surface area contributed by atoms with Gasteiger partial charge in [-0.1, -0.05) is 17.3 Å². The van der Waals surface area contributed by atoms with Gasteiger partial charge in [0.25, 0.3) is 5.91 Å². The second-order valence-corrected chi connectivity index (χ2v) is 7.72. The standard InChI is InChI=1S/C21H20N4O3S/c1-14-22-19(28-24-14)13-29-16-10-8-15(9-11-16)21(27)23-17-5-2-3-6-18(17)25-12-4-7-20(25)26/h2-3,5-6,8-11H,4,7,12-13H2,1H3,(H,23,27). The van der Waals surface area contributed by atoms with Crippen LogP contribution in [0, 0.1) is 6.92 Å². The zero-order chi connectivity index (χ0) is 20.2. The lowest BCUT2D eigenvalue weighted by Crippen LogP contribution is -2.25. The quantitative estimate of drug-likeness (QED) is 0.619. The van der Waals surface area contributed by atoms with Crippen LogP contribution in [0.1, 0.15) is 34.9 Å². The second kappa shape index (κ2) is 8.48. The van der Waals surface area contributed by atoms with E-state index in [1.165, 1.54) is 0 Å². The molecule has 1 N–H and O–H groups in total. The third-order valence-electron chi connectivity index (χ3n) is 4.56. The average Bonchev–Trinajstić information content (AvgIpc) is 3.35. The highest BCUT2D eigenvalue weighted by molar-refractivity contribution is 7.98. The molecule has 0 unspecified atom stereocenters. The predicted molar refractivity (Wildman–Crippen MR) is 111 cm³/mol. The molecular weight excluding hydrogens is 388 g/mol. The summed E-state index contributed by atoms with van der Waals surface area (Å²) in [5.74, 6) is 1.63. The monoisotopic (exact) mass is 408 g/mol. The summed E-state index contributed by atoms with van der Waals surface area (Å²) in [6.07, 6.45) is 1.38. The lowest BCUT2D eigenvalue weighted by atomic mass is 10.2. The van der Waals surface area contributed by atoms with Crippen molar-refractivity contribution in [2.24, 2.45) is 0 Å². The molecular formula is C21H20N4O3S. The third kappa shape index (κ3) is 4.48. The van der Waals surface area contributed by atoms with Crippen LogP contribution in [-0.4, -0.2) is 28.5 Å². The number of nitrogens with one attached hydrogen (secondary N) is 1. The molecule has 1 aliphatic rings. The molecule has 0 atom stereocenters. The molecule has 0 bridgehead atoms. The van der Waals surface area contributed by atoms with Crippen molar-refractivity contribution in [2.75, 3.05) is 16.8 Å². The molecule has 3 aromatic rings. The maximum absolute atomic E-state index is 12.7. The van der Waals surface area contributed by atoms with E-state index in [1.807, 2.05) is 36.4 Å². The fourth-order valence-corrected chi connectivity index (χ4v) is 3.89. The first-order chi connectivity index (χ1) is 14.1. The molecule has 29 heavy (non-hydrogen) atoms. The van der Waals surface area contributed by atoms with Gasteiger partial charge < -0.3 is 14.7 Å². The summed E-state index contributed by atoms with van der Waals surface area (Å²) in [5, 5.41) is 6.70. The lowest BCUT2D eigenvalue weighted by molar-refractivity contribution is -0.117. The summed E-state index contributed by atoms with van der Waals surface area (Å²) in [6, 6.07) is 14.7. The number of rotatable bonds is 6. The molecule has 7 nitrogen and oxygen atoms in total. The van der Waals surface area contributed by atoms with Crippen LogP contribution in [0.2, 0.25) is 0 Å². The molecule has 1 aromatic heterocycles. The largest absolute Gasteiger partial charge is 0.338 e. The smallest absolute Gasteiger partial charge is 0.255 e. The summed E-state index contributed by atoms with van der Waals surface area (Å²) in [5.41, 5.74) is 1.92. The van der Waals surface area contributed by atoms with E-state index in [-0.39, 0.29) is 11.8 Å². The zero-order valence-electron chi connectivity index (χ0n) is 15.9. The van der Waals surface area contributed by atoms with Crippen LogP contribution in [0.25, 0.3) is 0 Å². The minimum Gasteiger partial charge on any atom is -0.338 e. The van der Waals surface area contributed by atoms with E-state index >= 15 is 0 Å². The Bertz CT molecular complexity index is 1030. The number of aryl methyl sites for hydroxylation is 1. The molecule has 2 amide bonds. The Labute approximate surface area is 172 Å². The van der Waals surface area contributed by atoms with Crippen LogP contribution in [0.15, 0.2) is 57.9 Å². The minimum absolute atomic E-state index is 0.0875. The Morgan fingerprint density at radius 1 is 1.21 bits per heavy atom. The normalized spacial score (nSPS) is 13.7. The number of aromatic nitrogens is 2. The molecule has 148 valence electrons. The molecule has 0 aliphatic carbocycles. The van der Waals surface area contributed by atoms with Crippen molar-refractivity contribution in [3.63, 3.8) is 0 Å². The molecule has 0 radical (unpaired) electrons. The Balaban J connectivity index is 1.42. The van der Waals surface area contributed by atoms with Gasteiger partial charge in [-0.15, -0.1) is 11.8 Å². The average molecular weight is 408 g/mol. The van der Waals surface area contributed by atoms with Gasteiger partial charge in [0.05, 0.1) is 17.1 Å². The number of amides is 2. The minimum atomic E-state index is -0.215. The highest BCUT2D eigenvalue weighted by Gasteiger charge is 2.24. The van der Waals surface area contributed by atoms with E-state index in [4.69, 9.17) is 4.52 Å². The predicted octanol–water partition coefficient (Wildman–Crippen LogP) is 4.05. The van der Waals surface area contributed by atoms with Crippen molar-refractivity contribution in [2.45, 2.75) is 30.4 Å². The first-order valence-electron chi connectivity index (χ1n) is 9.33. The first-order valence-corrected chi connectivity index (χ1v) is 10.3. The molecule has 0 spiro atoms. The van der Waals surface area contributed by atoms with E-state index in [9.17, 15) is 9.59 Å². The Kier molecular flexibility index (Phi) is 5.62. The van der Waals surface area contributed by atoms with Crippen LogP contribution >= 0.6 is 11.8 Å². The van der Waals surface area contributed by atoms with Gasteiger partial charge >= 0.3 is 0 Å². The number of anilines is 2. The van der Waals surface area contributed by atoms with Crippen molar-refractivity contribution >= 4 is 35.0 Å². The summed E-state index contributed by atoms with van der Waals surface area (Å²) in [4.78, 5) is 31.7. The summed E-state index contributed by atoms with van der Waals surface area (Å²) < 4.78 is 5.10. The topological polar surface area (TPSA) is 88.3 Å². The number of nitrogens with zero attached hydrogens (tertiary/aromatic N) is 3. The third-order valence-corrected chi connectivity index (χ3v) is 5.56. The molecule has 2 aromatic carbocycles. The van der Waals surface area contributed by atoms with E-state index in [1.54, 1.807) is 35.7 Å². The maximum atomic E-state index is 12.7. The lowest BCUT2D eigenvalue weighted by Gasteiger charge is -2.20. The number of benzene rings is 2. The van der Waals surface area contributed by atoms with Gasteiger partial charge in [-0.2, -0.15) is 4.98 Å². The number of thioether (sulfide) groups is 1. The molecule has 4 rings (SSSR count). The molecule has 1 fully saturated rings. The number of carbonyl (C=O) groups excluding carboxylic acids is 2. The first kappa shape index (κ1) is 19.2. The number of para-hydroxylation sites is 2. The molecule has 1 aliphatic heterocycles. The molecule has 2 heterocycles. The summed E-state index contributed by atoms with van der Waals surface area (Å²) in [7, 11) is 0. The van der Waals surface area contributed by atoms with Crippen molar-refractivity contribution < 1.29 is 14.1 Å². The molecule has 8 heteroatoms. The van der Waals surface area contributed by atoms with Crippen LogP contribution in [0.5, 0.6) is 0 Å². The Morgan fingerprint density at radius 2 is 2.00 bits per heavy atom. The van der Waals surface area contributed by atoms with Gasteiger partial charge in [0, 0.05) is 23.4 Å². The molecule has 0 saturated carbocycles. The van der Waals surface area contributed by atoms with E-state index < -0.39 is 0 Å². The number of hydrogen-bond donors (Lipinski definition) is 1. The van der Waals surface area contributed by atoms with Crippen molar-refractivity contribution in [3.8, 4) is 0 Å². The maximum Gasteiger partial charge on any atom is 0.255 e. The molecule has 1 saturated heterocycles. The fraction of sp³-hybridized carbons (Fsp3) is 0.238. The number of carbonyl (C=O) groups is 2. The fourth-order valence-electron chi connectivity index (χ4n) is 3.16. The van der Waals surface area contributed by atoms with Crippen LogP contribution in [0.3, 0.4) is 0 Å². The van der Waals surface area contributed by atoms with E-state index in [2.05, 4.69) is 15.5 Å². The summed E-state index contributed by atoms with van der Waals surface area (Å²) in [6.45, 7) is 2.46. The van der Waals surface area contributed by atoms with Crippen molar-refractivity contribution in [1.82, 2.24) is 10.1 Å². The van der Waals surface area contributed by atoms with E-state index in [0.717, 1.165) is 17.0 Å². The van der Waals surface area contributed by atoms with Gasteiger partial charge in [-0.25, -0.2) is 0 Å². The number of hydrogen-bond acceptors (Lipinski definition) is 6. The van der Waals surface area contributed by atoms with Gasteiger partial charge in [0.15, 0.2) is 5.82 Å². The highest BCUT2D eigenvalue weighted by Crippen LogP contribution is 2.30. The van der Waals surface area contributed by atoms with E-state index in [0.29, 0.717) is 41.7 Å². The van der Waals surface area contributed by atoms with Gasteiger partial charge in [-0.05, 0) is 49.7 Å². The SMILES string of the molecule is Cc1noc(CSc2ccc(C(=O)Nc3ccccc3N3CCCC3=O)cc2)n1. The zero-order valence-corrected chi connectivity index (χ0v) is 16.7.